The van der Waals surface area contributed by atoms with Crippen LogP contribution in [-0.2, 0) is 17.8 Å². The number of aromatic nitrogens is 2. The van der Waals surface area contributed by atoms with Crippen LogP contribution in [0.4, 0.5) is 0 Å². The number of aromatic amines is 1. The van der Waals surface area contributed by atoms with Gasteiger partial charge in [0.25, 0.3) is 5.56 Å². The highest BCUT2D eigenvalue weighted by Crippen LogP contribution is 2.14. The Morgan fingerprint density at radius 1 is 1.22 bits per heavy atom. The minimum Gasteiger partial charge on any atom is -0.464 e. The smallest absolute Gasteiger partial charge is 0.272 e. The van der Waals surface area contributed by atoms with Crippen molar-refractivity contribution in [3.05, 3.63) is 64.0 Å². The average Bonchev–Trinajstić information content (AvgIpc) is 2.95. The first-order chi connectivity index (χ1) is 11.0. The van der Waals surface area contributed by atoms with E-state index >= 15 is 0 Å². The summed E-state index contributed by atoms with van der Waals surface area (Å²) in [5.74, 6) is 1.45. The summed E-state index contributed by atoms with van der Waals surface area (Å²) in [4.78, 5) is 25.8. The molecule has 0 atom stereocenters. The van der Waals surface area contributed by atoms with Crippen LogP contribution in [0.15, 0.2) is 45.6 Å². The number of hydrogen-bond acceptors (Lipinski definition) is 4. The summed E-state index contributed by atoms with van der Waals surface area (Å²) in [6.45, 7) is 2.26. The van der Waals surface area contributed by atoms with Crippen molar-refractivity contribution in [2.24, 2.45) is 0 Å². The molecule has 118 valence electrons. The first-order valence-electron chi connectivity index (χ1n) is 7.30. The van der Waals surface area contributed by atoms with E-state index in [1.54, 1.807) is 30.1 Å². The monoisotopic (exact) mass is 311 g/mol. The van der Waals surface area contributed by atoms with Crippen LogP contribution >= 0.6 is 0 Å². The lowest BCUT2D eigenvalue weighted by molar-refractivity contribution is -0.129. The van der Waals surface area contributed by atoms with E-state index in [1.165, 1.54) is 0 Å². The zero-order chi connectivity index (χ0) is 16.4. The van der Waals surface area contributed by atoms with Crippen molar-refractivity contribution in [2.45, 2.75) is 19.9 Å². The molecule has 3 aromatic rings. The fraction of sp³-hybridized carbons (Fsp3) is 0.235. The second kappa shape index (κ2) is 6.08. The Labute approximate surface area is 132 Å². The number of H-pyrrole nitrogens is 1. The summed E-state index contributed by atoms with van der Waals surface area (Å²) in [6, 6.07) is 10.9. The average molecular weight is 311 g/mol. The third-order valence-electron chi connectivity index (χ3n) is 3.71. The fourth-order valence-electron chi connectivity index (χ4n) is 2.48. The molecule has 0 fully saturated rings. The maximum Gasteiger partial charge on any atom is 0.272 e. The van der Waals surface area contributed by atoms with Crippen LogP contribution in [0.25, 0.3) is 10.8 Å². The van der Waals surface area contributed by atoms with E-state index in [0.717, 1.165) is 11.5 Å². The van der Waals surface area contributed by atoms with E-state index in [9.17, 15) is 9.59 Å². The van der Waals surface area contributed by atoms with Crippen LogP contribution < -0.4 is 5.56 Å². The number of nitrogens with zero attached hydrogens (tertiary/aromatic N) is 2. The summed E-state index contributed by atoms with van der Waals surface area (Å²) in [5.41, 5.74) is 0.309. The molecule has 6 nitrogen and oxygen atoms in total. The number of furan rings is 1. The van der Waals surface area contributed by atoms with Gasteiger partial charge in [0.1, 0.15) is 11.5 Å². The van der Waals surface area contributed by atoms with E-state index in [-0.39, 0.29) is 17.9 Å². The summed E-state index contributed by atoms with van der Waals surface area (Å²) in [6.07, 6.45) is 0.119. The van der Waals surface area contributed by atoms with E-state index in [0.29, 0.717) is 23.0 Å². The molecule has 0 aliphatic rings. The summed E-state index contributed by atoms with van der Waals surface area (Å²) in [7, 11) is 1.72. The molecule has 1 N–H and O–H groups in total. The molecule has 0 spiro atoms. The first kappa shape index (κ1) is 15.0. The van der Waals surface area contributed by atoms with Crippen molar-refractivity contribution in [1.82, 2.24) is 15.1 Å². The third kappa shape index (κ3) is 3.15. The standard InChI is InChI=1S/C17H17N3O3/c1-11-7-8-12(23-11)10-20(2)16(21)9-15-13-5-3-4-6-14(13)17(22)19-18-15/h3-8H,9-10H2,1-2H3,(H,19,22). The van der Waals surface area contributed by atoms with Crippen LogP contribution in [0.1, 0.15) is 17.2 Å². The molecule has 1 amide bonds. The molecule has 0 radical (unpaired) electrons. The molecule has 2 aromatic heterocycles. The van der Waals surface area contributed by atoms with Crippen molar-refractivity contribution in [1.29, 1.82) is 0 Å². The number of carbonyl (C=O) groups is 1. The number of aryl methyl sites for hydroxylation is 1. The van der Waals surface area contributed by atoms with Gasteiger partial charge in [-0.3, -0.25) is 9.59 Å². The van der Waals surface area contributed by atoms with Gasteiger partial charge in [-0.25, -0.2) is 5.10 Å². The number of carbonyl (C=O) groups excluding carboxylic acids is 1. The highest BCUT2D eigenvalue weighted by molar-refractivity contribution is 5.88. The largest absolute Gasteiger partial charge is 0.464 e. The molecule has 1 aromatic carbocycles. The number of likely N-dealkylation sites (N-methyl/N-ethyl adjacent to an activating group) is 1. The summed E-state index contributed by atoms with van der Waals surface area (Å²) >= 11 is 0. The number of amides is 1. The Balaban J connectivity index is 1.80. The van der Waals surface area contributed by atoms with Gasteiger partial charge in [-0.05, 0) is 25.1 Å². The number of nitrogens with one attached hydrogen (secondary N) is 1. The number of rotatable bonds is 4. The molecule has 0 aliphatic carbocycles. The van der Waals surface area contributed by atoms with Crippen LogP contribution in [0, 0.1) is 6.92 Å². The first-order valence-corrected chi connectivity index (χ1v) is 7.30. The quantitative estimate of drug-likeness (QED) is 0.799. The molecule has 0 unspecified atom stereocenters. The minimum absolute atomic E-state index is 0.0937. The van der Waals surface area contributed by atoms with E-state index < -0.39 is 0 Å². The predicted octanol–water partition coefficient (Wildman–Crippen LogP) is 2.03. The highest BCUT2D eigenvalue weighted by atomic mass is 16.3. The predicted molar refractivity (Wildman–Crippen MR) is 86.0 cm³/mol. The van der Waals surface area contributed by atoms with Gasteiger partial charge in [0.15, 0.2) is 0 Å². The number of benzene rings is 1. The lowest BCUT2D eigenvalue weighted by Crippen LogP contribution is -2.28. The molecule has 0 saturated carbocycles. The van der Waals surface area contributed by atoms with Crippen LogP contribution in [0.3, 0.4) is 0 Å². The Hall–Kier alpha value is -2.89. The van der Waals surface area contributed by atoms with Crippen LogP contribution in [0.5, 0.6) is 0 Å². The van der Waals surface area contributed by atoms with Crippen LogP contribution in [-0.4, -0.2) is 28.1 Å². The van der Waals surface area contributed by atoms with Crippen molar-refractivity contribution in [3.8, 4) is 0 Å². The topological polar surface area (TPSA) is 79.2 Å². The Morgan fingerprint density at radius 2 is 1.96 bits per heavy atom. The van der Waals surface area contributed by atoms with Crippen LogP contribution in [0.2, 0.25) is 0 Å². The van der Waals surface area contributed by atoms with Gasteiger partial charge >= 0.3 is 0 Å². The Morgan fingerprint density at radius 3 is 2.65 bits per heavy atom. The van der Waals surface area contributed by atoms with Crippen molar-refractivity contribution >= 4 is 16.7 Å². The second-order valence-electron chi connectivity index (χ2n) is 5.48. The van der Waals surface area contributed by atoms with Crippen molar-refractivity contribution in [3.63, 3.8) is 0 Å². The molecule has 0 saturated heterocycles. The Bertz CT molecular complexity index is 911. The maximum absolute atomic E-state index is 12.4. The Kier molecular flexibility index (Phi) is 3.97. The lowest BCUT2D eigenvalue weighted by atomic mass is 10.1. The number of hydrogen-bond donors (Lipinski definition) is 1. The third-order valence-corrected chi connectivity index (χ3v) is 3.71. The number of fused-ring (bicyclic) bond motifs is 1. The molecule has 23 heavy (non-hydrogen) atoms. The van der Waals surface area contributed by atoms with Crippen molar-refractivity contribution in [2.75, 3.05) is 7.05 Å². The van der Waals surface area contributed by atoms with Crippen molar-refractivity contribution < 1.29 is 9.21 Å². The summed E-state index contributed by atoms with van der Waals surface area (Å²) < 4.78 is 5.48. The normalized spacial score (nSPS) is 10.9. The maximum atomic E-state index is 12.4. The second-order valence-corrected chi connectivity index (χ2v) is 5.48. The lowest BCUT2D eigenvalue weighted by Gasteiger charge is -2.15. The zero-order valence-electron chi connectivity index (χ0n) is 13.0. The highest BCUT2D eigenvalue weighted by Gasteiger charge is 2.15. The molecular formula is C17H17N3O3. The van der Waals surface area contributed by atoms with E-state index in [1.807, 2.05) is 25.1 Å². The van der Waals surface area contributed by atoms with Gasteiger partial charge in [-0.1, -0.05) is 18.2 Å². The molecular weight excluding hydrogens is 294 g/mol. The molecule has 2 heterocycles. The van der Waals surface area contributed by atoms with Gasteiger partial charge in [0, 0.05) is 12.4 Å². The minimum atomic E-state index is -0.254. The molecule has 6 heteroatoms. The van der Waals surface area contributed by atoms with E-state index in [4.69, 9.17) is 4.42 Å². The van der Waals surface area contributed by atoms with Gasteiger partial charge in [-0.2, -0.15) is 5.10 Å². The van der Waals surface area contributed by atoms with E-state index in [2.05, 4.69) is 10.2 Å². The molecule has 0 aliphatic heterocycles. The van der Waals surface area contributed by atoms with Gasteiger partial charge < -0.3 is 9.32 Å². The fourth-order valence-corrected chi connectivity index (χ4v) is 2.48. The van der Waals surface area contributed by atoms with Gasteiger partial charge in [0.2, 0.25) is 5.91 Å². The van der Waals surface area contributed by atoms with Gasteiger partial charge in [-0.15, -0.1) is 0 Å². The summed E-state index contributed by atoms with van der Waals surface area (Å²) in [5, 5.41) is 7.71. The zero-order valence-corrected chi connectivity index (χ0v) is 13.0. The molecule has 3 rings (SSSR count). The molecule has 0 bridgehead atoms. The SMILES string of the molecule is Cc1ccc(CN(C)C(=O)Cc2n[nH]c(=O)c3ccccc23)o1. The van der Waals surface area contributed by atoms with Gasteiger partial charge in [0.05, 0.1) is 24.0 Å².